The molecule has 0 aromatic rings. The standard InChI is InChI=1S/C10H20.2C10H22.3CH4O/c1-8(2)10-6-4-9(3)5-7-10;1-8(2)6-7-10(5)9(3)4;1-5-10(4)8-6-7-9(2)3;3*1-2/h8-10H,4-7H2,1-3H3;8-10H,6-7H2,1-5H3;9-10H,5-8H2,1-4H3;3*2H,1H3. The van der Waals surface area contributed by atoms with Crippen LogP contribution in [0.25, 0.3) is 0 Å². The third kappa shape index (κ3) is 38.4. The number of aliphatic hydroxyl groups is 3. The average Bonchev–Trinajstić information content (AvgIpc) is 2.86. The summed E-state index contributed by atoms with van der Waals surface area (Å²) in [5, 5.41) is 21.0. The van der Waals surface area contributed by atoms with E-state index in [1.807, 2.05) is 0 Å². The number of aliphatic hydroxyl groups excluding tert-OH is 3. The predicted molar refractivity (Wildman–Crippen MR) is 167 cm³/mol. The van der Waals surface area contributed by atoms with Crippen LogP contribution in [0.5, 0.6) is 0 Å². The predicted octanol–water partition coefficient (Wildman–Crippen LogP) is 9.87. The topological polar surface area (TPSA) is 60.7 Å². The summed E-state index contributed by atoms with van der Waals surface area (Å²) < 4.78 is 0. The van der Waals surface area contributed by atoms with Gasteiger partial charge in [0, 0.05) is 21.3 Å². The monoisotopic (exact) mass is 521 g/mol. The Balaban J connectivity index is -0.000000120. The lowest BCUT2D eigenvalue weighted by molar-refractivity contribution is 0.234. The summed E-state index contributed by atoms with van der Waals surface area (Å²) in [6, 6.07) is 0. The van der Waals surface area contributed by atoms with E-state index in [4.69, 9.17) is 15.3 Å². The van der Waals surface area contributed by atoms with Crippen molar-refractivity contribution in [1.29, 1.82) is 0 Å². The van der Waals surface area contributed by atoms with Crippen molar-refractivity contribution < 1.29 is 15.3 Å². The summed E-state index contributed by atoms with van der Waals surface area (Å²) in [6.07, 6.45) is 14.3. The second kappa shape index (κ2) is 34.9. The van der Waals surface area contributed by atoms with Gasteiger partial charge in [0.2, 0.25) is 0 Å². The van der Waals surface area contributed by atoms with Crippen LogP contribution in [-0.4, -0.2) is 36.6 Å². The molecule has 0 amide bonds. The molecule has 36 heavy (non-hydrogen) atoms. The summed E-state index contributed by atoms with van der Waals surface area (Å²) in [7, 11) is 3.00. The highest BCUT2D eigenvalue weighted by Crippen LogP contribution is 2.32. The lowest BCUT2D eigenvalue weighted by Crippen LogP contribution is -2.16. The summed E-state index contributed by atoms with van der Waals surface area (Å²) >= 11 is 0. The Morgan fingerprint density at radius 3 is 1.31 bits per heavy atom. The minimum Gasteiger partial charge on any atom is -0.400 e. The first-order valence-electron chi connectivity index (χ1n) is 15.2. The molecule has 0 heterocycles. The minimum absolute atomic E-state index is 0.860. The highest BCUT2D eigenvalue weighted by Gasteiger charge is 2.20. The van der Waals surface area contributed by atoms with Gasteiger partial charge in [-0.05, 0) is 60.2 Å². The van der Waals surface area contributed by atoms with Gasteiger partial charge in [-0.1, -0.05) is 134 Å². The van der Waals surface area contributed by atoms with Crippen LogP contribution in [0.3, 0.4) is 0 Å². The Hall–Kier alpha value is -0.120. The quantitative estimate of drug-likeness (QED) is 0.268. The van der Waals surface area contributed by atoms with Crippen molar-refractivity contribution in [3.63, 3.8) is 0 Å². The smallest absolute Gasteiger partial charge is 0.0319 e. The maximum absolute atomic E-state index is 7.00. The molecule has 0 saturated heterocycles. The van der Waals surface area contributed by atoms with Crippen LogP contribution < -0.4 is 0 Å². The van der Waals surface area contributed by atoms with Gasteiger partial charge in [-0.2, -0.15) is 0 Å². The van der Waals surface area contributed by atoms with Gasteiger partial charge < -0.3 is 15.3 Å². The molecule has 0 spiro atoms. The normalized spacial score (nSPS) is 18.2. The van der Waals surface area contributed by atoms with Gasteiger partial charge in [-0.3, -0.25) is 0 Å². The molecule has 0 aromatic carbocycles. The zero-order valence-electron chi connectivity index (χ0n) is 28.0. The van der Waals surface area contributed by atoms with Crippen LogP contribution in [0.1, 0.15) is 147 Å². The van der Waals surface area contributed by atoms with E-state index < -0.39 is 0 Å². The van der Waals surface area contributed by atoms with Crippen LogP contribution in [0, 0.1) is 47.3 Å². The van der Waals surface area contributed by atoms with Crippen LogP contribution in [0.15, 0.2) is 0 Å². The zero-order valence-corrected chi connectivity index (χ0v) is 28.0. The lowest BCUT2D eigenvalue weighted by atomic mass is 9.78. The van der Waals surface area contributed by atoms with Gasteiger partial charge in [0.25, 0.3) is 0 Å². The molecular weight excluding hydrogens is 444 g/mol. The molecule has 3 heteroatoms. The Morgan fingerprint density at radius 1 is 0.583 bits per heavy atom. The molecule has 3 N–H and O–H groups in total. The van der Waals surface area contributed by atoms with E-state index in [9.17, 15) is 0 Å². The van der Waals surface area contributed by atoms with E-state index in [0.717, 1.165) is 68.7 Å². The Bertz CT molecular complexity index is 342. The van der Waals surface area contributed by atoms with Gasteiger partial charge in [-0.15, -0.1) is 0 Å². The molecule has 3 nitrogen and oxygen atoms in total. The van der Waals surface area contributed by atoms with Gasteiger partial charge in [0.15, 0.2) is 0 Å². The van der Waals surface area contributed by atoms with Crippen molar-refractivity contribution >= 4 is 0 Å². The van der Waals surface area contributed by atoms with E-state index in [2.05, 4.69) is 83.1 Å². The maximum Gasteiger partial charge on any atom is 0.0319 e. The van der Waals surface area contributed by atoms with Crippen LogP contribution in [0.2, 0.25) is 0 Å². The summed E-state index contributed by atoms with van der Waals surface area (Å²) in [5.74, 6) is 7.45. The number of rotatable bonds is 10. The fraction of sp³-hybridized carbons (Fsp3) is 1.00. The highest BCUT2D eigenvalue weighted by molar-refractivity contribution is 4.71. The second-order valence-electron chi connectivity index (χ2n) is 12.3. The Kier molecular flexibility index (Phi) is 44.4. The largest absolute Gasteiger partial charge is 0.400 e. The minimum atomic E-state index is 0.860. The molecule has 1 fully saturated rings. The summed E-state index contributed by atoms with van der Waals surface area (Å²) in [4.78, 5) is 0. The third-order valence-electron chi connectivity index (χ3n) is 7.52. The zero-order chi connectivity index (χ0) is 29.7. The van der Waals surface area contributed by atoms with Gasteiger partial charge in [0.05, 0.1) is 0 Å². The van der Waals surface area contributed by atoms with Gasteiger partial charge in [-0.25, -0.2) is 0 Å². The van der Waals surface area contributed by atoms with Crippen molar-refractivity contribution in [3.05, 3.63) is 0 Å². The average molecular weight is 521 g/mol. The van der Waals surface area contributed by atoms with Crippen molar-refractivity contribution in [2.75, 3.05) is 21.3 Å². The molecule has 1 aliphatic rings. The molecule has 1 aliphatic carbocycles. The molecule has 0 aliphatic heterocycles. The molecular formula is C33H76O3. The molecule has 2 unspecified atom stereocenters. The summed E-state index contributed by atoms with van der Waals surface area (Å²) in [5.41, 5.74) is 0. The molecule has 0 radical (unpaired) electrons. The van der Waals surface area contributed by atoms with Crippen LogP contribution >= 0.6 is 0 Å². The second-order valence-corrected chi connectivity index (χ2v) is 12.3. The number of hydrogen-bond acceptors (Lipinski definition) is 3. The van der Waals surface area contributed by atoms with Crippen molar-refractivity contribution in [3.8, 4) is 0 Å². The molecule has 2 atom stereocenters. The fourth-order valence-corrected chi connectivity index (χ4v) is 3.96. The van der Waals surface area contributed by atoms with Gasteiger partial charge in [0.1, 0.15) is 0 Å². The first kappa shape index (κ1) is 45.8. The van der Waals surface area contributed by atoms with E-state index in [1.165, 1.54) is 64.2 Å². The Morgan fingerprint density at radius 2 is 1.00 bits per heavy atom. The first-order chi connectivity index (χ1) is 16.9. The molecule has 1 rings (SSSR count). The SMILES string of the molecule is CC(C)CCC(C)C(C)C.CC1CCC(C(C)C)CC1.CCC(C)CCCC(C)C.CO.CO.CO. The van der Waals surface area contributed by atoms with Gasteiger partial charge >= 0.3 is 0 Å². The molecule has 0 aromatic heterocycles. The van der Waals surface area contributed by atoms with Crippen molar-refractivity contribution in [2.45, 2.75) is 147 Å². The maximum atomic E-state index is 7.00. The van der Waals surface area contributed by atoms with E-state index in [0.29, 0.717) is 0 Å². The lowest BCUT2D eigenvalue weighted by Gasteiger charge is -2.28. The van der Waals surface area contributed by atoms with E-state index >= 15 is 0 Å². The van der Waals surface area contributed by atoms with E-state index in [-0.39, 0.29) is 0 Å². The molecule has 1 saturated carbocycles. The first-order valence-corrected chi connectivity index (χ1v) is 15.2. The molecule has 0 bridgehead atoms. The highest BCUT2D eigenvalue weighted by atomic mass is 16.2. The summed E-state index contributed by atoms with van der Waals surface area (Å²) in [6.45, 7) is 27.9. The van der Waals surface area contributed by atoms with E-state index in [1.54, 1.807) is 0 Å². The number of hydrogen-bond donors (Lipinski definition) is 3. The Labute approximate surface area is 231 Å². The third-order valence-corrected chi connectivity index (χ3v) is 7.52. The van der Waals surface area contributed by atoms with Crippen LogP contribution in [-0.2, 0) is 0 Å². The van der Waals surface area contributed by atoms with Crippen LogP contribution in [0.4, 0.5) is 0 Å². The van der Waals surface area contributed by atoms with Crippen molar-refractivity contribution in [1.82, 2.24) is 0 Å². The molecule has 226 valence electrons. The fourth-order valence-electron chi connectivity index (χ4n) is 3.96. The van der Waals surface area contributed by atoms with Crippen molar-refractivity contribution in [2.24, 2.45) is 47.3 Å².